The van der Waals surface area contributed by atoms with E-state index < -0.39 is 30.2 Å². The van der Waals surface area contributed by atoms with Gasteiger partial charge in [0.1, 0.15) is 6.54 Å². The third-order valence-electron chi connectivity index (χ3n) is 4.11. The molecule has 1 aromatic carbocycles. The van der Waals surface area contributed by atoms with E-state index in [4.69, 9.17) is 9.84 Å². The van der Waals surface area contributed by atoms with Gasteiger partial charge in [-0.05, 0) is 13.8 Å². The van der Waals surface area contributed by atoms with Gasteiger partial charge in [0, 0.05) is 12.7 Å². The third-order valence-corrected chi connectivity index (χ3v) is 4.11. The van der Waals surface area contributed by atoms with Gasteiger partial charge in [-0.15, -0.1) is 0 Å². The fourth-order valence-electron chi connectivity index (χ4n) is 2.78. The number of carboxylic acid groups (broad SMARTS) is 1. The van der Waals surface area contributed by atoms with Gasteiger partial charge in [-0.1, -0.05) is 30.3 Å². The van der Waals surface area contributed by atoms with Crippen LogP contribution in [0, 0.1) is 13.8 Å². The smallest absolute Gasteiger partial charge is 0.430 e. The highest BCUT2D eigenvalue weighted by atomic mass is 19.4. The van der Waals surface area contributed by atoms with Crippen molar-refractivity contribution >= 4 is 17.6 Å². The van der Waals surface area contributed by atoms with Crippen LogP contribution in [-0.4, -0.2) is 40.0 Å². The number of ether oxygens (including phenoxy) is 1. The second-order valence-electron chi connectivity index (χ2n) is 5.80. The first-order chi connectivity index (χ1) is 12.5. The van der Waals surface area contributed by atoms with Crippen LogP contribution in [0.2, 0.25) is 0 Å². The van der Waals surface area contributed by atoms with E-state index in [1.807, 2.05) is 0 Å². The molecule has 146 valence electrons. The number of carbonyl (C=O) groups is 2. The van der Waals surface area contributed by atoms with Crippen LogP contribution < -0.4 is 5.32 Å². The number of hydrogen-bond donors (Lipinski definition) is 2. The molecular weight excluding hydrogens is 367 g/mol. The van der Waals surface area contributed by atoms with Crippen molar-refractivity contribution in [2.45, 2.75) is 32.2 Å². The zero-order valence-corrected chi connectivity index (χ0v) is 14.8. The molecule has 10 heteroatoms. The largest absolute Gasteiger partial charge is 0.480 e. The molecule has 27 heavy (non-hydrogen) atoms. The first kappa shape index (κ1) is 20.4. The average molecular weight is 385 g/mol. The normalized spacial score (nSPS) is 13.9. The van der Waals surface area contributed by atoms with Crippen molar-refractivity contribution in [1.82, 2.24) is 9.78 Å². The Morgan fingerprint density at radius 3 is 2.30 bits per heavy atom. The summed E-state index contributed by atoms with van der Waals surface area (Å²) in [5.74, 6) is -2.63. The lowest BCUT2D eigenvalue weighted by atomic mass is 9.91. The summed E-state index contributed by atoms with van der Waals surface area (Å²) in [6, 6.07) is 6.53. The number of aromatic nitrogens is 2. The Morgan fingerprint density at radius 2 is 1.81 bits per heavy atom. The highest BCUT2D eigenvalue weighted by Gasteiger charge is 2.62. The monoisotopic (exact) mass is 385 g/mol. The lowest BCUT2D eigenvalue weighted by molar-refractivity contribution is -0.263. The molecule has 0 radical (unpaired) electrons. The molecule has 0 spiro atoms. The Bertz CT molecular complexity index is 849. The standard InChI is InChI=1S/C17H18F3N3O4/c1-10-14(11(2)23(22-10)9-13(24)25)21-15(26)16(27-3,17(18,19)20)12-7-5-4-6-8-12/h4-8H,9H2,1-3H3,(H,21,26)(H,24,25). The molecule has 0 aliphatic carbocycles. The van der Waals surface area contributed by atoms with Crippen LogP contribution in [-0.2, 0) is 26.5 Å². The van der Waals surface area contributed by atoms with Gasteiger partial charge in [0.15, 0.2) is 0 Å². The molecule has 1 aromatic heterocycles. The zero-order chi connectivity index (χ0) is 20.4. The minimum absolute atomic E-state index is 0.00264. The van der Waals surface area contributed by atoms with Crippen LogP contribution in [0.15, 0.2) is 30.3 Å². The van der Waals surface area contributed by atoms with Crippen molar-refractivity contribution in [3.8, 4) is 0 Å². The lowest BCUT2D eigenvalue weighted by Crippen LogP contribution is -2.53. The van der Waals surface area contributed by atoms with E-state index >= 15 is 0 Å². The SMILES string of the molecule is COC(C(=O)Nc1c(C)nn(CC(=O)O)c1C)(c1ccccc1)C(F)(F)F. The Labute approximate surface area is 152 Å². The second-order valence-corrected chi connectivity index (χ2v) is 5.80. The van der Waals surface area contributed by atoms with Crippen molar-refractivity contribution in [3.05, 3.63) is 47.3 Å². The van der Waals surface area contributed by atoms with Crippen LogP contribution >= 0.6 is 0 Å². The number of hydrogen-bond acceptors (Lipinski definition) is 4. The Balaban J connectivity index is 2.50. The van der Waals surface area contributed by atoms with Crippen LogP contribution in [0.1, 0.15) is 17.0 Å². The van der Waals surface area contributed by atoms with Gasteiger partial charge >= 0.3 is 12.1 Å². The van der Waals surface area contributed by atoms with E-state index in [9.17, 15) is 22.8 Å². The van der Waals surface area contributed by atoms with Gasteiger partial charge in [0.05, 0.1) is 17.1 Å². The maximum Gasteiger partial charge on any atom is 0.430 e. The van der Waals surface area contributed by atoms with Gasteiger partial charge in [-0.2, -0.15) is 18.3 Å². The average Bonchev–Trinajstić information content (AvgIpc) is 2.82. The first-order valence-corrected chi connectivity index (χ1v) is 7.79. The molecule has 0 bridgehead atoms. The minimum Gasteiger partial charge on any atom is -0.480 e. The summed E-state index contributed by atoms with van der Waals surface area (Å²) in [6.07, 6.45) is -5.05. The molecule has 1 atom stereocenters. The van der Waals surface area contributed by atoms with Gasteiger partial charge in [-0.25, -0.2) is 0 Å². The Morgan fingerprint density at radius 1 is 1.22 bits per heavy atom. The molecule has 0 fully saturated rings. The molecule has 0 aliphatic heterocycles. The maximum atomic E-state index is 13.9. The summed E-state index contributed by atoms with van der Waals surface area (Å²) in [6.45, 7) is 2.41. The molecule has 2 N–H and O–H groups in total. The van der Waals surface area contributed by atoms with Crippen molar-refractivity contribution < 1.29 is 32.6 Å². The summed E-state index contributed by atoms with van der Waals surface area (Å²) < 4.78 is 47.5. The number of nitrogens with zero attached hydrogens (tertiary/aromatic N) is 2. The van der Waals surface area contributed by atoms with Crippen molar-refractivity contribution in [2.24, 2.45) is 0 Å². The number of aliphatic carboxylic acids is 1. The number of alkyl halides is 3. The molecule has 0 saturated carbocycles. The van der Waals surface area contributed by atoms with E-state index in [0.717, 1.165) is 23.9 Å². The number of rotatable bonds is 6. The zero-order valence-electron chi connectivity index (χ0n) is 14.8. The van der Waals surface area contributed by atoms with Gasteiger partial charge in [-0.3, -0.25) is 14.3 Å². The van der Waals surface area contributed by atoms with Crippen LogP contribution in [0.25, 0.3) is 0 Å². The third kappa shape index (κ3) is 3.65. The molecule has 1 amide bonds. The van der Waals surface area contributed by atoms with E-state index in [0.29, 0.717) is 0 Å². The van der Waals surface area contributed by atoms with Crippen LogP contribution in [0.5, 0.6) is 0 Å². The number of aryl methyl sites for hydroxylation is 1. The highest BCUT2D eigenvalue weighted by molar-refractivity contribution is 5.99. The number of carboxylic acids is 1. The summed E-state index contributed by atoms with van der Waals surface area (Å²) >= 11 is 0. The summed E-state index contributed by atoms with van der Waals surface area (Å²) in [4.78, 5) is 23.6. The minimum atomic E-state index is -5.05. The molecule has 0 aliphatic rings. The number of carbonyl (C=O) groups excluding carboxylic acids is 1. The number of halogens is 3. The topological polar surface area (TPSA) is 93.5 Å². The van der Waals surface area contributed by atoms with E-state index in [1.165, 1.54) is 32.0 Å². The van der Waals surface area contributed by atoms with Crippen LogP contribution in [0.3, 0.4) is 0 Å². The highest BCUT2D eigenvalue weighted by Crippen LogP contribution is 2.43. The van der Waals surface area contributed by atoms with Gasteiger partial charge in [0.25, 0.3) is 11.5 Å². The number of methoxy groups -OCH3 is 1. The predicted octanol–water partition coefficient (Wildman–Crippen LogP) is 2.63. The number of nitrogens with one attached hydrogen (secondary N) is 1. The molecule has 2 aromatic rings. The first-order valence-electron chi connectivity index (χ1n) is 7.79. The fourth-order valence-corrected chi connectivity index (χ4v) is 2.78. The quantitative estimate of drug-likeness (QED) is 0.797. The van der Waals surface area contributed by atoms with Crippen LogP contribution in [0.4, 0.5) is 18.9 Å². The van der Waals surface area contributed by atoms with Crippen molar-refractivity contribution in [2.75, 3.05) is 12.4 Å². The molecule has 1 heterocycles. The van der Waals surface area contributed by atoms with Gasteiger partial charge < -0.3 is 15.2 Å². The number of anilines is 1. The van der Waals surface area contributed by atoms with Crippen molar-refractivity contribution in [3.63, 3.8) is 0 Å². The molecule has 0 saturated heterocycles. The summed E-state index contributed by atoms with van der Waals surface area (Å²) in [5, 5.41) is 15.0. The molecule has 7 nitrogen and oxygen atoms in total. The fraction of sp³-hybridized carbons (Fsp3) is 0.353. The number of amides is 1. The summed E-state index contributed by atoms with van der Waals surface area (Å²) in [7, 11) is 0.799. The lowest BCUT2D eigenvalue weighted by Gasteiger charge is -2.33. The van der Waals surface area contributed by atoms with E-state index in [1.54, 1.807) is 0 Å². The Hall–Kier alpha value is -2.88. The predicted molar refractivity (Wildman–Crippen MR) is 89.2 cm³/mol. The summed E-state index contributed by atoms with van der Waals surface area (Å²) in [5.41, 5.74) is -3.22. The Kier molecular flexibility index (Phi) is 5.59. The number of benzene rings is 1. The maximum absolute atomic E-state index is 13.9. The van der Waals surface area contributed by atoms with E-state index in [-0.39, 0.29) is 22.6 Å². The van der Waals surface area contributed by atoms with Crippen molar-refractivity contribution in [1.29, 1.82) is 0 Å². The van der Waals surface area contributed by atoms with Gasteiger partial charge in [0.2, 0.25) is 0 Å². The molecule has 1 unspecified atom stereocenters. The molecular formula is C17H18F3N3O4. The second kappa shape index (κ2) is 7.39. The van der Waals surface area contributed by atoms with E-state index in [2.05, 4.69) is 10.4 Å². The molecule has 2 rings (SSSR count).